The number of amides is 1. The lowest BCUT2D eigenvalue weighted by Crippen LogP contribution is -2.27. The van der Waals surface area contributed by atoms with Gasteiger partial charge in [0.05, 0.1) is 5.56 Å². The highest BCUT2D eigenvalue weighted by atomic mass is 127. The summed E-state index contributed by atoms with van der Waals surface area (Å²) in [4.78, 5) is 12.0. The maximum Gasteiger partial charge on any atom is 0.252 e. The third kappa shape index (κ3) is 4.43. The number of carbonyl (C=O) groups is 1. The van der Waals surface area contributed by atoms with E-state index in [1.165, 1.54) is 37.8 Å². The third-order valence-electron chi connectivity index (χ3n) is 4.06. The van der Waals surface area contributed by atoms with Crippen LogP contribution in [0.25, 0.3) is 0 Å². The van der Waals surface area contributed by atoms with E-state index >= 15 is 0 Å². The van der Waals surface area contributed by atoms with Gasteiger partial charge in [-0.1, -0.05) is 26.2 Å². The monoisotopic (exact) mass is 389 g/mol. The predicted molar refractivity (Wildman–Crippen MR) is 87.2 cm³/mol. The van der Waals surface area contributed by atoms with Crippen molar-refractivity contribution in [3.05, 3.63) is 33.1 Å². The van der Waals surface area contributed by atoms with Crippen molar-refractivity contribution < 1.29 is 9.18 Å². The van der Waals surface area contributed by atoms with Gasteiger partial charge in [0.15, 0.2) is 0 Å². The van der Waals surface area contributed by atoms with Gasteiger partial charge in [-0.05, 0) is 65.5 Å². The van der Waals surface area contributed by atoms with Crippen LogP contribution in [0.5, 0.6) is 0 Å². The van der Waals surface area contributed by atoms with E-state index in [0.29, 0.717) is 15.7 Å². The molecule has 0 radical (unpaired) electrons. The van der Waals surface area contributed by atoms with Crippen molar-refractivity contribution in [2.45, 2.75) is 39.0 Å². The number of benzene rings is 1. The fourth-order valence-electron chi connectivity index (χ4n) is 2.98. The largest absolute Gasteiger partial charge is 0.352 e. The molecule has 20 heavy (non-hydrogen) atoms. The first kappa shape index (κ1) is 15.7. The van der Waals surface area contributed by atoms with E-state index in [0.717, 1.165) is 18.3 Å². The summed E-state index contributed by atoms with van der Waals surface area (Å²) in [5.74, 6) is 1.16. The van der Waals surface area contributed by atoms with Crippen LogP contribution in [0.3, 0.4) is 0 Å². The second-order valence-corrected chi connectivity index (χ2v) is 6.97. The Morgan fingerprint density at radius 3 is 2.95 bits per heavy atom. The summed E-state index contributed by atoms with van der Waals surface area (Å²) >= 11 is 2.00. The van der Waals surface area contributed by atoms with Crippen molar-refractivity contribution in [2.75, 3.05) is 6.54 Å². The summed E-state index contributed by atoms with van der Waals surface area (Å²) in [5, 5.41) is 2.96. The Labute approximate surface area is 133 Å². The summed E-state index contributed by atoms with van der Waals surface area (Å²) in [7, 11) is 0. The average molecular weight is 389 g/mol. The first-order valence-corrected chi connectivity index (χ1v) is 8.37. The summed E-state index contributed by atoms with van der Waals surface area (Å²) in [6, 6.07) is 4.27. The number of halogens is 2. The molecule has 0 aliphatic heterocycles. The fraction of sp³-hybridized carbons (Fsp3) is 0.562. The minimum atomic E-state index is -0.304. The van der Waals surface area contributed by atoms with E-state index in [1.54, 1.807) is 6.07 Å². The van der Waals surface area contributed by atoms with Crippen LogP contribution in [0.1, 0.15) is 49.4 Å². The van der Waals surface area contributed by atoms with Crippen LogP contribution in [0, 0.1) is 21.2 Å². The molecule has 2 rings (SSSR count). The van der Waals surface area contributed by atoms with E-state index in [2.05, 4.69) is 12.2 Å². The van der Waals surface area contributed by atoms with Crippen LogP contribution in [0.2, 0.25) is 0 Å². The van der Waals surface area contributed by atoms with Crippen molar-refractivity contribution in [2.24, 2.45) is 11.8 Å². The molecule has 0 spiro atoms. The Balaban J connectivity index is 1.80. The number of hydrogen-bond acceptors (Lipinski definition) is 1. The first-order chi connectivity index (χ1) is 9.56. The van der Waals surface area contributed by atoms with Crippen molar-refractivity contribution in [3.63, 3.8) is 0 Å². The predicted octanol–water partition coefficient (Wildman–Crippen LogP) is 4.38. The SMILES string of the molecule is CC1CCCC(CCNC(=O)c2ccc(F)cc2I)C1. The lowest BCUT2D eigenvalue weighted by molar-refractivity contribution is 0.0948. The highest BCUT2D eigenvalue weighted by molar-refractivity contribution is 14.1. The molecule has 0 heterocycles. The molecule has 2 nitrogen and oxygen atoms in total. The lowest BCUT2D eigenvalue weighted by atomic mass is 9.81. The topological polar surface area (TPSA) is 29.1 Å². The molecule has 1 aliphatic carbocycles. The minimum absolute atomic E-state index is 0.0988. The zero-order chi connectivity index (χ0) is 14.5. The molecule has 1 N–H and O–H groups in total. The molecular weight excluding hydrogens is 368 g/mol. The smallest absolute Gasteiger partial charge is 0.252 e. The fourth-order valence-corrected chi connectivity index (χ4v) is 3.70. The molecule has 1 aromatic rings. The van der Waals surface area contributed by atoms with E-state index in [4.69, 9.17) is 0 Å². The van der Waals surface area contributed by atoms with Gasteiger partial charge in [0.1, 0.15) is 5.82 Å². The second-order valence-electron chi connectivity index (χ2n) is 5.81. The standard InChI is InChI=1S/C16H21FINO/c1-11-3-2-4-12(9-11)7-8-19-16(20)14-6-5-13(17)10-15(14)18/h5-6,10-12H,2-4,7-9H2,1H3,(H,19,20). The van der Waals surface area contributed by atoms with E-state index < -0.39 is 0 Å². The molecule has 2 atom stereocenters. The van der Waals surface area contributed by atoms with Crippen molar-refractivity contribution in [3.8, 4) is 0 Å². The van der Waals surface area contributed by atoms with Crippen LogP contribution < -0.4 is 5.32 Å². The van der Waals surface area contributed by atoms with Gasteiger partial charge in [-0.2, -0.15) is 0 Å². The van der Waals surface area contributed by atoms with Gasteiger partial charge < -0.3 is 5.32 Å². The Morgan fingerprint density at radius 2 is 2.25 bits per heavy atom. The lowest BCUT2D eigenvalue weighted by Gasteiger charge is -2.26. The average Bonchev–Trinajstić information content (AvgIpc) is 2.38. The molecular formula is C16H21FINO. The Morgan fingerprint density at radius 1 is 1.45 bits per heavy atom. The first-order valence-electron chi connectivity index (χ1n) is 7.29. The third-order valence-corrected chi connectivity index (χ3v) is 4.95. The van der Waals surface area contributed by atoms with Gasteiger partial charge in [-0.25, -0.2) is 4.39 Å². The summed E-state index contributed by atoms with van der Waals surface area (Å²) in [5.41, 5.74) is 0.559. The van der Waals surface area contributed by atoms with Gasteiger partial charge in [-0.15, -0.1) is 0 Å². The molecule has 1 fully saturated rings. The number of rotatable bonds is 4. The zero-order valence-corrected chi connectivity index (χ0v) is 14.0. The summed E-state index contributed by atoms with van der Waals surface area (Å²) in [6.45, 7) is 3.02. The van der Waals surface area contributed by atoms with Gasteiger partial charge in [0, 0.05) is 10.1 Å². The molecule has 1 aliphatic rings. The highest BCUT2D eigenvalue weighted by Crippen LogP contribution is 2.30. The maximum atomic E-state index is 13.0. The molecule has 0 aromatic heterocycles. The van der Waals surface area contributed by atoms with Crippen molar-refractivity contribution in [1.82, 2.24) is 5.32 Å². The van der Waals surface area contributed by atoms with Crippen LogP contribution in [0.4, 0.5) is 4.39 Å². The van der Waals surface area contributed by atoms with Gasteiger partial charge in [0.2, 0.25) is 0 Å². The molecule has 0 saturated heterocycles. The quantitative estimate of drug-likeness (QED) is 0.762. The van der Waals surface area contributed by atoms with Gasteiger partial charge in [0.25, 0.3) is 5.91 Å². The molecule has 110 valence electrons. The second kappa shape index (κ2) is 7.38. The van der Waals surface area contributed by atoms with Gasteiger partial charge in [-0.3, -0.25) is 4.79 Å². The van der Waals surface area contributed by atoms with E-state index in [1.807, 2.05) is 22.6 Å². The molecule has 1 aromatic carbocycles. The summed E-state index contributed by atoms with van der Waals surface area (Å²) in [6.07, 6.45) is 6.28. The molecule has 1 amide bonds. The van der Waals surface area contributed by atoms with E-state index in [-0.39, 0.29) is 11.7 Å². The maximum absolute atomic E-state index is 13.0. The molecule has 1 saturated carbocycles. The number of nitrogens with one attached hydrogen (secondary N) is 1. The van der Waals surface area contributed by atoms with Crippen LogP contribution >= 0.6 is 22.6 Å². The Kier molecular flexibility index (Phi) is 5.81. The van der Waals surface area contributed by atoms with Crippen LogP contribution in [-0.2, 0) is 0 Å². The van der Waals surface area contributed by atoms with E-state index in [9.17, 15) is 9.18 Å². The zero-order valence-electron chi connectivity index (χ0n) is 11.8. The molecule has 4 heteroatoms. The van der Waals surface area contributed by atoms with Crippen molar-refractivity contribution in [1.29, 1.82) is 0 Å². The molecule has 0 bridgehead atoms. The Hall–Kier alpha value is -0.650. The van der Waals surface area contributed by atoms with Gasteiger partial charge >= 0.3 is 0 Å². The Bertz CT molecular complexity index is 478. The highest BCUT2D eigenvalue weighted by Gasteiger charge is 2.19. The normalized spacial score (nSPS) is 22.6. The van der Waals surface area contributed by atoms with Crippen molar-refractivity contribution >= 4 is 28.5 Å². The summed E-state index contributed by atoms with van der Waals surface area (Å²) < 4.78 is 13.7. The molecule has 2 unspecified atom stereocenters. The van der Waals surface area contributed by atoms with Crippen LogP contribution in [0.15, 0.2) is 18.2 Å². The number of carbonyl (C=O) groups excluding carboxylic acids is 1. The minimum Gasteiger partial charge on any atom is -0.352 e. The van der Waals surface area contributed by atoms with Crippen LogP contribution in [-0.4, -0.2) is 12.5 Å². The number of hydrogen-bond donors (Lipinski definition) is 1.